The van der Waals surface area contributed by atoms with Gasteiger partial charge in [-0.05, 0) is 6.92 Å². The van der Waals surface area contributed by atoms with Crippen molar-refractivity contribution in [1.29, 1.82) is 0 Å². The van der Waals surface area contributed by atoms with E-state index in [0.29, 0.717) is 13.2 Å². The molecule has 1 aliphatic heterocycles. The van der Waals surface area contributed by atoms with Crippen molar-refractivity contribution in [3.8, 4) is 0 Å². The number of rotatable bonds is 6. The van der Waals surface area contributed by atoms with Crippen molar-refractivity contribution in [3.05, 3.63) is 12.2 Å². The van der Waals surface area contributed by atoms with Crippen molar-refractivity contribution < 1.29 is 23.8 Å². The third kappa shape index (κ3) is 6.36. The number of carbonyl (C=O) groups is 2. The summed E-state index contributed by atoms with van der Waals surface area (Å²) in [4.78, 5) is 24.3. The highest BCUT2D eigenvalue weighted by Gasteiger charge is 2.10. The number of hydrogen-bond donors (Lipinski definition) is 0. The Morgan fingerprint density at radius 2 is 1.78 bits per heavy atom. The fourth-order valence-corrected chi connectivity index (χ4v) is 1.47. The zero-order chi connectivity index (χ0) is 13.2. The molecule has 0 aromatic rings. The predicted octanol–water partition coefficient (Wildman–Crippen LogP) is -0.0189. The number of hydrogen-bond acceptors (Lipinski definition) is 6. The summed E-state index contributed by atoms with van der Waals surface area (Å²) in [6, 6.07) is 0. The van der Waals surface area contributed by atoms with Gasteiger partial charge in [-0.3, -0.25) is 4.90 Å². The van der Waals surface area contributed by atoms with Crippen molar-refractivity contribution >= 4 is 11.9 Å². The minimum atomic E-state index is -0.539. The van der Waals surface area contributed by atoms with Gasteiger partial charge in [0, 0.05) is 31.8 Å². The Hall–Kier alpha value is -1.40. The Balaban J connectivity index is 2.10. The first-order valence-corrected chi connectivity index (χ1v) is 6.04. The molecule has 0 aromatic carbocycles. The minimum Gasteiger partial charge on any atom is -0.463 e. The average Bonchev–Trinajstić information content (AvgIpc) is 2.38. The van der Waals surface area contributed by atoms with E-state index < -0.39 is 11.9 Å². The van der Waals surface area contributed by atoms with Crippen LogP contribution in [0.5, 0.6) is 0 Å². The van der Waals surface area contributed by atoms with Crippen LogP contribution in [0.25, 0.3) is 0 Å². The molecule has 0 atom stereocenters. The summed E-state index contributed by atoms with van der Waals surface area (Å²) in [6.45, 7) is 6.13. The highest BCUT2D eigenvalue weighted by molar-refractivity contribution is 5.91. The lowest BCUT2D eigenvalue weighted by Crippen LogP contribution is -2.38. The second-order valence-electron chi connectivity index (χ2n) is 3.71. The molecule has 0 radical (unpaired) electrons. The molecule has 1 aliphatic rings. The Morgan fingerprint density at radius 1 is 1.17 bits per heavy atom. The van der Waals surface area contributed by atoms with E-state index in [1.54, 1.807) is 6.92 Å². The lowest BCUT2D eigenvalue weighted by atomic mass is 10.4. The van der Waals surface area contributed by atoms with Crippen molar-refractivity contribution in [2.75, 3.05) is 46.1 Å². The first kappa shape index (κ1) is 14.7. The van der Waals surface area contributed by atoms with Gasteiger partial charge in [-0.25, -0.2) is 9.59 Å². The van der Waals surface area contributed by atoms with Crippen molar-refractivity contribution in [2.45, 2.75) is 6.92 Å². The molecule has 1 heterocycles. The molecule has 0 unspecified atom stereocenters. The van der Waals surface area contributed by atoms with E-state index in [-0.39, 0.29) is 6.61 Å². The topological polar surface area (TPSA) is 65.1 Å². The van der Waals surface area contributed by atoms with E-state index in [0.717, 1.165) is 38.5 Å². The van der Waals surface area contributed by atoms with Crippen LogP contribution in [0.4, 0.5) is 0 Å². The van der Waals surface area contributed by atoms with Crippen LogP contribution in [0, 0.1) is 0 Å². The molecule has 0 aromatic heterocycles. The fraction of sp³-hybridized carbons (Fsp3) is 0.667. The smallest absolute Gasteiger partial charge is 0.331 e. The lowest BCUT2D eigenvalue weighted by Gasteiger charge is -2.25. The Bertz CT molecular complexity index is 297. The summed E-state index contributed by atoms with van der Waals surface area (Å²) in [6.07, 6.45) is 2.15. The SMILES string of the molecule is CCOC(=O)/C=C/C(=O)OCCN1CCOCC1. The molecule has 1 rings (SSSR count). The molecule has 6 nitrogen and oxygen atoms in total. The number of ether oxygens (including phenoxy) is 3. The van der Waals surface area contributed by atoms with Crippen LogP contribution < -0.4 is 0 Å². The number of carbonyl (C=O) groups excluding carboxylic acids is 2. The monoisotopic (exact) mass is 257 g/mol. The van der Waals surface area contributed by atoms with Crippen LogP contribution in [0.15, 0.2) is 12.2 Å². The summed E-state index contributed by atoms with van der Waals surface area (Å²) in [5.74, 6) is -1.07. The van der Waals surface area contributed by atoms with Gasteiger partial charge in [0.25, 0.3) is 0 Å². The molecule has 0 amide bonds. The molecule has 0 spiro atoms. The van der Waals surface area contributed by atoms with E-state index in [4.69, 9.17) is 9.47 Å². The summed E-state index contributed by atoms with van der Waals surface area (Å²) in [7, 11) is 0. The molecule has 1 saturated heterocycles. The molecule has 0 bridgehead atoms. The highest BCUT2D eigenvalue weighted by Crippen LogP contribution is 1.96. The fourth-order valence-electron chi connectivity index (χ4n) is 1.47. The number of nitrogens with zero attached hydrogens (tertiary/aromatic N) is 1. The largest absolute Gasteiger partial charge is 0.463 e. The third-order valence-corrected chi connectivity index (χ3v) is 2.40. The minimum absolute atomic E-state index is 0.287. The lowest BCUT2D eigenvalue weighted by molar-refractivity contribution is -0.140. The number of morpholine rings is 1. The quantitative estimate of drug-likeness (QED) is 0.492. The van der Waals surface area contributed by atoms with Crippen LogP contribution in [-0.2, 0) is 23.8 Å². The van der Waals surface area contributed by atoms with Gasteiger partial charge in [-0.1, -0.05) is 0 Å². The Morgan fingerprint density at radius 3 is 2.39 bits per heavy atom. The van der Waals surface area contributed by atoms with Crippen LogP contribution in [0.3, 0.4) is 0 Å². The standard InChI is InChI=1S/C12H19NO5/c1-2-17-11(14)3-4-12(15)18-10-7-13-5-8-16-9-6-13/h3-4H,2,5-10H2,1H3/b4-3+. The molecule has 6 heteroatoms. The van der Waals surface area contributed by atoms with Gasteiger partial charge in [-0.2, -0.15) is 0 Å². The maximum absolute atomic E-state index is 11.2. The van der Waals surface area contributed by atoms with Crippen LogP contribution in [0.2, 0.25) is 0 Å². The van der Waals surface area contributed by atoms with E-state index >= 15 is 0 Å². The van der Waals surface area contributed by atoms with Gasteiger partial charge in [0.15, 0.2) is 0 Å². The summed E-state index contributed by atoms with van der Waals surface area (Å²) < 4.78 is 14.8. The van der Waals surface area contributed by atoms with E-state index in [9.17, 15) is 9.59 Å². The van der Waals surface area contributed by atoms with E-state index in [2.05, 4.69) is 9.64 Å². The van der Waals surface area contributed by atoms with Crippen LogP contribution in [-0.4, -0.2) is 62.9 Å². The molecular weight excluding hydrogens is 238 g/mol. The summed E-state index contributed by atoms with van der Waals surface area (Å²) >= 11 is 0. The summed E-state index contributed by atoms with van der Waals surface area (Å²) in [5.41, 5.74) is 0. The van der Waals surface area contributed by atoms with Crippen molar-refractivity contribution in [1.82, 2.24) is 4.90 Å². The van der Waals surface area contributed by atoms with Crippen LogP contribution in [0.1, 0.15) is 6.92 Å². The van der Waals surface area contributed by atoms with E-state index in [1.165, 1.54) is 0 Å². The third-order valence-electron chi connectivity index (χ3n) is 2.40. The zero-order valence-electron chi connectivity index (χ0n) is 10.6. The predicted molar refractivity (Wildman–Crippen MR) is 64.0 cm³/mol. The first-order valence-electron chi connectivity index (χ1n) is 6.04. The van der Waals surface area contributed by atoms with Gasteiger partial charge in [-0.15, -0.1) is 0 Å². The van der Waals surface area contributed by atoms with Gasteiger partial charge >= 0.3 is 11.9 Å². The van der Waals surface area contributed by atoms with Gasteiger partial charge in [0.1, 0.15) is 6.61 Å². The molecule has 0 aliphatic carbocycles. The molecule has 18 heavy (non-hydrogen) atoms. The zero-order valence-corrected chi connectivity index (χ0v) is 10.6. The van der Waals surface area contributed by atoms with Gasteiger partial charge in [0.05, 0.1) is 19.8 Å². The second kappa shape index (κ2) is 8.66. The normalized spacial score (nSPS) is 16.7. The maximum Gasteiger partial charge on any atom is 0.331 e. The molecule has 102 valence electrons. The van der Waals surface area contributed by atoms with Crippen molar-refractivity contribution in [3.63, 3.8) is 0 Å². The highest BCUT2D eigenvalue weighted by atomic mass is 16.5. The Kier molecular flexibility index (Phi) is 7.05. The maximum atomic E-state index is 11.2. The average molecular weight is 257 g/mol. The molecule has 1 fully saturated rings. The first-order chi connectivity index (χ1) is 8.72. The Labute approximate surface area is 106 Å². The van der Waals surface area contributed by atoms with Crippen LogP contribution >= 0.6 is 0 Å². The second-order valence-corrected chi connectivity index (χ2v) is 3.71. The number of esters is 2. The van der Waals surface area contributed by atoms with E-state index in [1.807, 2.05) is 0 Å². The molecule has 0 N–H and O–H groups in total. The summed E-state index contributed by atoms with van der Waals surface area (Å²) in [5, 5.41) is 0. The van der Waals surface area contributed by atoms with Gasteiger partial charge < -0.3 is 14.2 Å². The van der Waals surface area contributed by atoms with Gasteiger partial charge in [0.2, 0.25) is 0 Å². The molecule has 0 saturated carbocycles. The molecular formula is C12H19NO5. The van der Waals surface area contributed by atoms with Crippen molar-refractivity contribution in [2.24, 2.45) is 0 Å².